The topological polar surface area (TPSA) is 37.3 Å². The van der Waals surface area contributed by atoms with Gasteiger partial charge in [-0.3, -0.25) is 4.79 Å². The van der Waals surface area contributed by atoms with Crippen LogP contribution in [0.5, 0.6) is 0 Å². The highest BCUT2D eigenvalue weighted by Gasteiger charge is 2.44. The number of rotatable bonds is 7. The molecule has 0 saturated heterocycles. The molecule has 0 amide bonds. The van der Waals surface area contributed by atoms with Crippen LogP contribution in [0.3, 0.4) is 0 Å². The third kappa shape index (κ3) is 5.23. The number of aliphatic carboxylic acids is 1. The lowest BCUT2D eigenvalue weighted by Gasteiger charge is -2.37. The molecule has 17 heavy (non-hydrogen) atoms. The second-order valence-corrected chi connectivity index (χ2v) is 6.84. The number of halogens is 2. The van der Waals surface area contributed by atoms with Crippen LogP contribution in [-0.2, 0) is 4.79 Å². The van der Waals surface area contributed by atoms with Gasteiger partial charge in [-0.1, -0.05) is 20.8 Å². The van der Waals surface area contributed by atoms with Crippen molar-refractivity contribution < 1.29 is 18.7 Å². The van der Waals surface area contributed by atoms with Crippen LogP contribution < -0.4 is 0 Å². The number of hydrogen-bond acceptors (Lipinski definition) is 2. The number of alkyl halides is 2. The van der Waals surface area contributed by atoms with Crippen molar-refractivity contribution in [3.05, 3.63) is 0 Å². The second-order valence-electron chi connectivity index (χ2n) is 5.32. The molecule has 2 nitrogen and oxygen atoms in total. The van der Waals surface area contributed by atoms with Gasteiger partial charge in [-0.05, 0) is 30.9 Å². The third-order valence-electron chi connectivity index (χ3n) is 3.05. The van der Waals surface area contributed by atoms with Crippen molar-refractivity contribution in [3.8, 4) is 0 Å². The van der Waals surface area contributed by atoms with Gasteiger partial charge in [0.15, 0.2) is 0 Å². The molecular weight excluding hydrogens is 246 g/mol. The van der Waals surface area contributed by atoms with Gasteiger partial charge in [0.25, 0.3) is 0 Å². The minimum Gasteiger partial charge on any atom is -0.480 e. The first-order valence-electron chi connectivity index (χ1n) is 5.77. The summed E-state index contributed by atoms with van der Waals surface area (Å²) in [5.74, 6) is -0.240. The Morgan fingerprint density at radius 3 is 2.12 bits per heavy atom. The summed E-state index contributed by atoms with van der Waals surface area (Å²) in [6, 6.07) is 0. The largest absolute Gasteiger partial charge is 0.480 e. The van der Waals surface area contributed by atoms with Crippen molar-refractivity contribution in [1.29, 1.82) is 0 Å². The molecule has 1 atom stereocenters. The van der Waals surface area contributed by atoms with Crippen LogP contribution >= 0.6 is 11.8 Å². The summed E-state index contributed by atoms with van der Waals surface area (Å²) in [5.41, 5.74) is -0.369. The Hall–Kier alpha value is -0.320. The molecule has 0 aromatic rings. The Balaban J connectivity index is 4.17. The van der Waals surface area contributed by atoms with E-state index in [0.29, 0.717) is 18.6 Å². The second kappa shape index (κ2) is 6.57. The Kier molecular flexibility index (Phi) is 6.45. The molecule has 0 aliphatic carbocycles. The fraction of sp³-hybridized carbons (Fsp3) is 0.917. The van der Waals surface area contributed by atoms with E-state index in [9.17, 15) is 18.7 Å². The zero-order valence-corrected chi connectivity index (χ0v) is 11.7. The normalized spacial score (nSPS) is 15.9. The van der Waals surface area contributed by atoms with Gasteiger partial charge >= 0.3 is 5.97 Å². The first-order valence-corrected chi connectivity index (χ1v) is 6.75. The third-order valence-corrected chi connectivity index (χ3v) is 4.90. The molecule has 0 radical (unpaired) electrons. The predicted molar refractivity (Wildman–Crippen MR) is 67.8 cm³/mol. The summed E-state index contributed by atoms with van der Waals surface area (Å²) >= 11 is 1.35. The van der Waals surface area contributed by atoms with E-state index in [0.717, 1.165) is 0 Å². The van der Waals surface area contributed by atoms with Crippen molar-refractivity contribution in [1.82, 2.24) is 0 Å². The maximum atomic E-state index is 11.9. The van der Waals surface area contributed by atoms with Gasteiger partial charge < -0.3 is 5.11 Å². The van der Waals surface area contributed by atoms with Gasteiger partial charge in [-0.2, -0.15) is 0 Å². The van der Waals surface area contributed by atoms with E-state index in [1.54, 1.807) is 6.92 Å². The molecule has 0 aliphatic heterocycles. The number of hydrogen-bond donors (Lipinski definition) is 1. The number of carboxylic acid groups (broad SMARTS) is 1. The predicted octanol–water partition coefficient (Wildman–Crippen LogP) is 4.04. The van der Waals surface area contributed by atoms with E-state index in [1.807, 2.05) is 20.8 Å². The van der Waals surface area contributed by atoms with Gasteiger partial charge in [0.1, 0.15) is 4.75 Å². The maximum absolute atomic E-state index is 11.9. The highest BCUT2D eigenvalue weighted by atomic mass is 32.2. The summed E-state index contributed by atoms with van der Waals surface area (Å²) in [5, 5.41) is 9.27. The molecule has 0 fully saturated rings. The van der Waals surface area contributed by atoms with Gasteiger partial charge in [-0.15, -0.1) is 11.8 Å². The molecule has 1 unspecified atom stereocenters. The van der Waals surface area contributed by atoms with E-state index in [4.69, 9.17) is 0 Å². The monoisotopic (exact) mass is 268 g/mol. The summed E-state index contributed by atoms with van der Waals surface area (Å²) in [6.45, 7) is 7.35. The lowest BCUT2D eigenvalue weighted by atomic mass is 9.81. The Labute approximate surface area is 106 Å². The Bertz CT molecular complexity index is 251. The fourth-order valence-electron chi connectivity index (χ4n) is 1.28. The highest BCUT2D eigenvalue weighted by Crippen LogP contribution is 2.42. The highest BCUT2D eigenvalue weighted by molar-refractivity contribution is 8.01. The van der Waals surface area contributed by atoms with Gasteiger partial charge in [0, 0.05) is 6.42 Å². The molecule has 1 N–H and O–H groups in total. The van der Waals surface area contributed by atoms with Crippen molar-refractivity contribution in [2.45, 2.75) is 58.1 Å². The van der Waals surface area contributed by atoms with E-state index >= 15 is 0 Å². The van der Waals surface area contributed by atoms with Crippen LogP contribution in [0.4, 0.5) is 8.78 Å². The van der Waals surface area contributed by atoms with Crippen LogP contribution in [0.2, 0.25) is 0 Å². The van der Waals surface area contributed by atoms with Gasteiger partial charge in [-0.25, -0.2) is 8.78 Å². The molecular formula is C12H22F2O2S. The first kappa shape index (κ1) is 16.7. The minimum absolute atomic E-state index is 0.0974. The number of carbonyl (C=O) groups is 1. The lowest BCUT2D eigenvalue weighted by molar-refractivity contribution is -0.142. The molecule has 0 aromatic heterocycles. The van der Waals surface area contributed by atoms with Crippen LogP contribution in [0.25, 0.3) is 0 Å². The summed E-state index contributed by atoms with van der Waals surface area (Å²) in [7, 11) is 0. The molecule has 5 heteroatoms. The fourth-order valence-corrected chi connectivity index (χ4v) is 2.59. The molecule has 0 saturated carbocycles. The average Bonchev–Trinajstić information content (AvgIpc) is 2.14. The van der Waals surface area contributed by atoms with Crippen LogP contribution in [0.15, 0.2) is 0 Å². The standard InChI is InChI=1S/C12H22F2O2S/c1-11(2,3)12(4,10(15)16)17-8-6-5-7-9(13)14/h9H,5-8H2,1-4H3,(H,15,16). The van der Waals surface area contributed by atoms with E-state index < -0.39 is 17.1 Å². The summed E-state index contributed by atoms with van der Waals surface area (Å²) in [6.07, 6.45) is -1.27. The van der Waals surface area contributed by atoms with Gasteiger partial charge in [0.2, 0.25) is 6.43 Å². The molecule has 0 heterocycles. The smallest absolute Gasteiger partial charge is 0.320 e. The van der Waals surface area contributed by atoms with E-state index in [1.165, 1.54) is 11.8 Å². The van der Waals surface area contributed by atoms with Crippen molar-refractivity contribution in [3.63, 3.8) is 0 Å². The Morgan fingerprint density at radius 1 is 1.24 bits per heavy atom. The number of unbranched alkanes of at least 4 members (excludes halogenated alkanes) is 1. The number of thioether (sulfide) groups is 1. The molecule has 0 aromatic carbocycles. The van der Waals surface area contributed by atoms with Crippen LogP contribution in [0.1, 0.15) is 47.0 Å². The molecule has 102 valence electrons. The first-order chi connectivity index (χ1) is 7.61. The van der Waals surface area contributed by atoms with Crippen LogP contribution in [0, 0.1) is 5.41 Å². The Morgan fingerprint density at radius 2 is 1.76 bits per heavy atom. The summed E-state index contributed by atoms with van der Waals surface area (Å²) in [4.78, 5) is 11.3. The maximum Gasteiger partial charge on any atom is 0.320 e. The molecule has 0 bridgehead atoms. The number of carboxylic acids is 1. The van der Waals surface area contributed by atoms with Crippen molar-refractivity contribution >= 4 is 17.7 Å². The van der Waals surface area contributed by atoms with Crippen LogP contribution in [-0.4, -0.2) is 28.0 Å². The van der Waals surface area contributed by atoms with Crippen molar-refractivity contribution in [2.24, 2.45) is 5.41 Å². The lowest BCUT2D eigenvalue weighted by Crippen LogP contribution is -2.44. The van der Waals surface area contributed by atoms with Gasteiger partial charge in [0.05, 0.1) is 0 Å². The zero-order chi connectivity index (χ0) is 13.7. The van der Waals surface area contributed by atoms with E-state index in [2.05, 4.69) is 0 Å². The van der Waals surface area contributed by atoms with Crippen molar-refractivity contribution in [2.75, 3.05) is 5.75 Å². The SMILES string of the molecule is CC(C)(C)C(C)(SCCCCC(F)F)C(=O)O. The summed E-state index contributed by atoms with van der Waals surface area (Å²) < 4.78 is 22.9. The molecule has 0 spiro atoms. The molecule has 0 aliphatic rings. The average molecular weight is 268 g/mol. The quantitative estimate of drug-likeness (QED) is 0.708. The van der Waals surface area contributed by atoms with E-state index in [-0.39, 0.29) is 11.8 Å². The molecule has 0 rings (SSSR count). The minimum atomic E-state index is -2.26. The zero-order valence-electron chi connectivity index (χ0n) is 10.9.